The maximum absolute atomic E-state index is 4.68. The SMILES string of the molecule is Cc1ccccc1C=CC=S. The molecule has 0 aliphatic carbocycles. The molecule has 0 spiro atoms. The van der Waals surface area contributed by atoms with Crippen molar-refractivity contribution in [3.8, 4) is 0 Å². The van der Waals surface area contributed by atoms with Gasteiger partial charge in [-0.25, -0.2) is 0 Å². The molecule has 0 aliphatic rings. The molecule has 0 N–H and O–H groups in total. The maximum atomic E-state index is 4.68. The highest BCUT2D eigenvalue weighted by molar-refractivity contribution is 7.79. The van der Waals surface area contributed by atoms with Gasteiger partial charge in [0.05, 0.1) is 0 Å². The van der Waals surface area contributed by atoms with Crippen LogP contribution in [0.1, 0.15) is 11.1 Å². The van der Waals surface area contributed by atoms with E-state index in [2.05, 4.69) is 31.3 Å². The predicted molar refractivity (Wildman–Crippen MR) is 53.9 cm³/mol. The molecule has 0 saturated heterocycles. The van der Waals surface area contributed by atoms with E-state index in [-0.39, 0.29) is 0 Å². The molecule has 0 saturated carbocycles. The normalized spacial score (nSPS) is 10.3. The van der Waals surface area contributed by atoms with E-state index in [0.29, 0.717) is 0 Å². The van der Waals surface area contributed by atoms with Gasteiger partial charge in [-0.15, -0.1) is 0 Å². The summed E-state index contributed by atoms with van der Waals surface area (Å²) in [5, 5.41) is 1.62. The number of aryl methyl sites for hydroxylation is 1. The highest BCUT2D eigenvalue weighted by atomic mass is 32.1. The van der Waals surface area contributed by atoms with Gasteiger partial charge in [-0.1, -0.05) is 48.6 Å². The lowest BCUT2D eigenvalue weighted by Gasteiger charge is -1.96. The molecule has 0 nitrogen and oxygen atoms in total. The molecule has 1 rings (SSSR count). The maximum Gasteiger partial charge on any atom is 0.00137 e. The summed E-state index contributed by atoms with van der Waals surface area (Å²) in [6, 6.07) is 8.22. The van der Waals surface area contributed by atoms with Gasteiger partial charge in [-0.05, 0) is 18.1 Å². The molecule has 1 aromatic carbocycles. The summed E-state index contributed by atoms with van der Waals surface area (Å²) in [6.07, 6.45) is 3.89. The smallest absolute Gasteiger partial charge is 0.00137 e. The van der Waals surface area contributed by atoms with Crippen LogP contribution in [0.25, 0.3) is 6.08 Å². The number of thiocarbonyl (C=S) groups is 1. The lowest BCUT2D eigenvalue weighted by atomic mass is 10.1. The highest BCUT2D eigenvalue weighted by Gasteiger charge is 1.88. The number of benzene rings is 1. The molecule has 0 atom stereocenters. The number of hydrogen-bond acceptors (Lipinski definition) is 1. The van der Waals surface area contributed by atoms with Gasteiger partial charge in [0, 0.05) is 5.37 Å². The van der Waals surface area contributed by atoms with Crippen molar-refractivity contribution in [1.82, 2.24) is 0 Å². The van der Waals surface area contributed by atoms with Gasteiger partial charge in [0.2, 0.25) is 0 Å². The highest BCUT2D eigenvalue weighted by Crippen LogP contribution is 2.07. The van der Waals surface area contributed by atoms with Crippen LogP contribution >= 0.6 is 12.2 Å². The fourth-order valence-corrected chi connectivity index (χ4v) is 0.995. The third-order valence-electron chi connectivity index (χ3n) is 1.54. The Labute approximate surface area is 72.6 Å². The van der Waals surface area contributed by atoms with E-state index in [0.717, 1.165) is 0 Å². The average Bonchev–Trinajstić information content (AvgIpc) is 2.03. The molecule has 0 aromatic heterocycles. The van der Waals surface area contributed by atoms with Crippen molar-refractivity contribution in [3.05, 3.63) is 41.5 Å². The minimum absolute atomic E-state index is 1.23. The third kappa shape index (κ3) is 2.28. The first-order chi connectivity index (χ1) is 5.34. The standard InChI is InChI=1S/C10H10S/c1-9-5-2-3-6-10(9)7-4-8-11/h2-8H,1H3. The second-order valence-electron chi connectivity index (χ2n) is 2.35. The zero-order valence-corrected chi connectivity index (χ0v) is 7.27. The summed E-state index contributed by atoms with van der Waals surface area (Å²) in [5.41, 5.74) is 2.51. The molecular formula is C10H10S. The second-order valence-corrected chi connectivity index (χ2v) is 2.62. The molecule has 0 amide bonds. The zero-order chi connectivity index (χ0) is 8.10. The number of hydrogen-bond donors (Lipinski definition) is 0. The molecule has 0 heterocycles. The summed E-state index contributed by atoms with van der Waals surface area (Å²) in [5.74, 6) is 0. The van der Waals surface area contributed by atoms with Crippen LogP contribution in [0.2, 0.25) is 0 Å². The fourth-order valence-electron chi connectivity index (χ4n) is 0.917. The van der Waals surface area contributed by atoms with Crippen LogP contribution in [0.4, 0.5) is 0 Å². The lowest BCUT2D eigenvalue weighted by Crippen LogP contribution is -1.77. The topological polar surface area (TPSA) is 0 Å². The summed E-state index contributed by atoms with van der Waals surface area (Å²) >= 11 is 4.68. The Bertz CT molecular complexity index is 274. The first kappa shape index (κ1) is 8.15. The van der Waals surface area contributed by atoms with Crippen LogP contribution in [-0.2, 0) is 0 Å². The first-order valence-electron chi connectivity index (χ1n) is 3.52. The summed E-state index contributed by atoms with van der Waals surface area (Å²) in [6.45, 7) is 2.09. The molecule has 0 fully saturated rings. The van der Waals surface area contributed by atoms with Crippen LogP contribution in [0.15, 0.2) is 30.3 Å². The Morgan fingerprint density at radius 3 is 2.64 bits per heavy atom. The largest absolute Gasteiger partial charge is 0.0887 e. The number of allylic oxidation sites excluding steroid dienone is 1. The first-order valence-corrected chi connectivity index (χ1v) is 3.99. The van der Waals surface area contributed by atoms with Gasteiger partial charge < -0.3 is 0 Å². The van der Waals surface area contributed by atoms with Crippen LogP contribution in [0.3, 0.4) is 0 Å². The van der Waals surface area contributed by atoms with E-state index >= 15 is 0 Å². The molecule has 1 aromatic rings. The van der Waals surface area contributed by atoms with Crippen molar-refractivity contribution in [1.29, 1.82) is 0 Å². The molecule has 1 heteroatoms. The van der Waals surface area contributed by atoms with Gasteiger partial charge in [0.15, 0.2) is 0 Å². The van der Waals surface area contributed by atoms with Crippen molar-refractivity contribution in [2.45, 2.75) is 6.92 Å². The Morgan fingerprint density at radius 2 is 2.00 bits per heavy atom. The van der Waals surface area contributed by atoms with Crippen molar-refractivity contribution in [2.75, 3.05) is 0 Å². The van der Waals surface area contributed by atoms with Gasteiger partial charge in [0.25, 0.3) is 0 Å². The van der Waals surface area contributed by atoms with Crippen LogP contribution in [0, 0.1) is 6.92 Å². The fraction of sp³-hybridized carbons (Fsp3) is 0.100. The molecule has 0 unspecified atom stereocenters. The molecule has 0 radical (unpaired) electrons. The minimum atomic E-state index is 1.23. The van der Waals surface area contributed by atoms with E-state index in [1.54, 1.807) is 5.37 Å². The molecule has 0 bridgehead atoms. The van der Waals surface area contributed by atoms with E-state index in [1.165, 1.54) is 11.1 Å². The van der Waals surface area contributed by atoms with E-state index in [4.69, 9.17) is 0 Å². The third-order valence-corrected chi connectivity index (χ3v) is 1.70. The minimum Gasteiger partial charge on any atom is -0.0887 e. The van der Waals surface area contributed by atoms with Crippen LogP contribution in [-0.4, -0.2) is 5.37 Å². The summed E-state index contributed by atoms with van der Waals surface area (Å²) in [7, 11) is 0. The van der Waals surface area contributed by atoms with Gasteiger partial charge in [-0.3, -0.25) is 0 Å². The average molecular weight is 162 g/mol. The van der Waals surface area contributed by atoms with Crippen molar-refractivity contribution in [3.63, 3.8) is 0 Å². The molecular weight excluding hydrogens is 152 g/mol. The van der Waals surface area contributed by atoms with Crippen LogP contribution in [0.5, 0.6) is 0 Å². The molecule has 0 aliphatic heterocycles. The van der Waals surface area contributed by atoms with Gasteiger partial charge in [0.1, 0.15) is 0 Å². The monoisotopic (exact) mass is 162 g/mol. The quantitative estimate of drug-likeness (QED) is 0.476. The van der Waals surface area contributed by atoms with E-state index in [1.807, 2.05) is 24.3 Å². The Kier molecular flexibility index (Phi) is 2.99. The Morgan fingerprint density at radius 1 is 1.27 bits per heavy atom. The second kappa shape index (κ2) is 4.04. The van der Waals surface area contributed by atoms with E-state index < -0.39 is 0 Å². The van der Waals surface area contributed by atoms with Crippen molar-refractivity contribution in [2.24, 2.45) is 0 Å². The van der Waals surface area contributed by atoms with Gasteiger partial charge >= 0.3 is 0 Å². The van der Waals surface area contributed by atoms with E-state index in [9.17, 15) is 0 Å². The summed E-state index contributed by atoms with van der Waals surface area (Å²) < 4.78 is 0. The lowest BCUT2D eigenvalue weighted by molar-refractivity contribution is 1.45. The summed E-state index contributed by atoms with van der Waals surface area (Å²) in [4.78, 5) is 0. The molecule has 11 heavy (non-hydrogen) atoms. The van der Waals surface area contributed by atoms with Gasteiger partial charge in [-0.2, -0.15) is 0 Å². The number of rotatable bonds is 2. The van der Waals surface area contributed by atoms with Crippen LogP contribution < -0.4 is 0 Å². The molecule has 56 valence electrons. The van der Waals surface area contributed by atoms with Crippen molar-refractivity contribution < 1.29 is 0 Å². The Balaban J connectivity index is 2.94. The Hall–Kier alpha value is -0.950. The van der Waals surface area contributed by atoms with Crippen molar-refractivity contribution >= 4 is 23.7 Å². The zero-order valence-electron chi connectivity index (χ0n) is 6.45. The predicted octanol–water partition coefficient (Wildman–Crippen LogP) is 3.01.